The molecule has 1 aromatic carbocycles. The van der Waals surface area contributed by atoms with Gasteiger partial charge in [-0.1, -0.05) is 41.8 Å². The van der Waals surface area contributed by atoms with Crippen molar-refractivity contribution in [3.05, 3.63) is 33.8 Å². The summed E-state index contributed by atoms with van der Waals surface area (Å²) in [7, 11) is 5.63. The second kappa shape index (κ2) is 3.51. The van der Waals surface area contributed by atoms with Crippen LogP contribution in [0.4, 0.5) is 0 Å². The van der Waals surface area contributed by atoms with E-state index in [1.807, 2.05) is 13.0 Å². The Balaban J connectivity index is 3.05. The minimum absolute atomic E-state index is 0.00441. The summed E-state index contributed by atoms with van der Waals surface area (Å²) in [5, 5.41) is 1.12. The minimum Gasteiger partial charge on any atom is -0.616 e. The molecule has 57 valence electrons. The van der Waals surface area contributed by atoms with Gasteiger partial charge in [0.1, 0.15) is 0 Å². The van der Waals surface area contributed by atoms with E-state index in [1.54, 1.807) is 12.1 Å². The Morgan fingerprint density at radius 2 is 1.91 bits per heavy atom. The van der Waals surface area contributed by atoms with Crippen molar-refractivity contribution in [2.75, 3.05) is 0 Å². The Labute approximate surface area is 77.9 Å². The molecule has 0 amide bonds. The van der Waals surface area contributed by atoms with Crippen LogP contribution in [0.3, 0.4) is 0 Å². The molecule has 1 rings (SSSR count). The maximum Gasteiger partial charge on any atom is 0.0593 e. The van der Waals surface area contributed by atoms with Crippen LogP contribution in [0.5, 0.6) is 0 Å². The van der Waals surface area contributed by atoms with Crippen LogP contribution in [0.25, 0.3) is 0 Å². The highest BCUT2D eigenvalue weighted by Gasteiger charge is 1.96. The molecule has 1 unspecified atom stereocenters. The summed E-state index contributed by atoms with van der Waals surface area (Å²) in [6.45, 7) is 1.90. The number of halogens is 2. The van der Waals surface area contributed by atoms with Gasteiger partial charge in [0.2, 0.25) is 0 Å². The molecule has 0 fully saturated rings. The predicted octanol–water partition coefficient (Wildman–Crippen LogP) is 3.22. The van der Waals surface area contributed by atoms with E-state index in [0.29, 0.717) is 10.0 Å². The largest absolute Gasteiger partial charge is 0.616 e. The van der Waals surface area contributed by atoms with E-state index >= 15 is 0 Å². The summed E-state index contributed by atoms with van der Waals surface area (Å²) in [4.78, 5) is 0. The number of rotatable bonds is 1. The Morgan fingerprint density at radius 3 is 2.36 bits per heavy atom. The second-order valence-electron chi connectivity index (χ2n) is 2.46. The van der Waals surface area contributed by atoms with Gasteiger partial charge in [-0.25, -0.2) is 5.82 Å². The first-order chi connectivity index (χ1) is 5.11. The average Bonchev–Trinajstić information content (AvgIpc) is 1.94. The maximum atomic E-state index is 5.77. The van der Waals surface area contributed by atoms with Gasteiger partial charge < -0.3 is 7.85 Å². The van der Waals surface area contributed by atoms with E-state index in [4.69, 9.17) is 31.0 Å². The zero-order chi connectivity index (χ0) is 8.43. The summed E-state index contributed by atoms with van der Waals surface area (Å²) in [6.07, 6.45) is 0. The predicted molar refractivity (Wildman–Crippen MR) is 50.6 cm³/mol. The zero-order valence-corrected chi connectivity index (χ0v) is 7.65. The first-order valence-corrected chi connectivity index (χ1v) is 4.07. The van der Waals surface area contributed by atoms with Gasteiger partial charge in [0.15, 0.2) is 0 Å². The lowest BCUT2D eigenvalue weighted by Gasteiger charge is -2.18. The van der Waals surface area contributed by atoms with Gasteiger partial charge in [0, 0.05) is 0 Å². The monoisotopic (exact) mass is 184 g/mol. The smallest absolute Gasteiger partial charge is 0.0593 e. The highest BCUT2D eigenvalue weighted by atomic mass is 35.5. The molecule has 1 atom stereocenters. The van der Waals surface area contributed by atoms with Crippen molar-refractivity contribution in [1.82, 2.24) is 0 Å². The molecule has 0 aliphatic heterocycles. The molecular formula is C8H7BCl2-. The van der Waals surface area contributed by atoms with E-state index in [0.717, 1.165) is 5.56 Å². The highest BCUT2D eigenvalue weighted by molar-refractivity contribution is 6.42. The van der Waals surface area contributed by atoms with Gasteiger partial charge in [-0.05, 0) is 12.1 Å². The Hall–Kier alpha value is -0.135. The molecule has 0 aliphatic rings. The van der Waals surface area contributed by atoms with E-state index < -0.39 is 0 Å². The third-order valence-electron chi connectivity index (χ3n) is 1.47. The molecule has 0 bridgehead atoms. The van der Waals surface area contributed by atoms with Gasteiger partial charge in [-0.2, -0.15) is 0 Å². The molecule has 0 saturated heterocycles. The number of benzene rings is 1. The van der Waals surface area contributed by atoms with Gasteiger partial charge in [0.25, 0.3) is 0 Å². The number of hydrogen-bond acceptors (Lipinski definition) is 0. The minimum atomic E-state index is 0.00441. The first kappa shape index (κ1) is 8.96. The molecule has 11 heavy (non-hydrogen) atoms. The molecule has 0 aromatic heterocycles. The van der Waals surface area contributed by atoms with Gasteiger partial charge >= 0.3 is 0 Å². The van der Waals surface area contributed by atoms with Crippen LogP contribution in [0.15, 0.2) is 18.2 Å². The van der Waals surface area contributed by atoms with Crippen molar-refractivity contribution in [2.24, 2.45) is 0 Å². The lowest BCUT2D eigenvalue weighted by Crippen LogP contribution is -1.90. The summed E-state index contributed by atoms with van der Waals surface area (Å²) < 4.78 is 0. The van der Waals surface area contributed by atoms with E-state index in [-0.39, 0.29) is 5.82 Å². The summed E-state index contributed by atoms with van der Waals surface area (Å²) in [6, 6.07) is 5.41. The van der Waals surface area contributed by atoms with Crippen LogP contribution >= 0.6 is 23.2 Å². The fourth-order valence-electron chi connectivity index (χ4n) is 0.796. The van der Waals surface area contributed by atoms with Crippen molar-refractivity contribution in [2.45, 2.75) is 12.7 Å². The maximum absolute atomic E-state index is 5.77. The Kier molecular flexibility index (Phi) is 2.86. The van der Waals surface area contributed by atoms with Crippen molar-refractivity contribution in [1.29, 1.82) is 0 Å². The van der Waals surface area contributed by atoms with Crippen molar-refractivity contribution < 1.29 is 0 Å². The second-order valence-corrected chi connectivity index (χ2v) is 3.28. The molecule has 0 aliphatic carbocycles. The van der Waals surface area contributed by atoms with Crippen LogP contribution in [-0.2, 0) is 0 Å². The summed E-state index contributed by atoms with van der Waals surface area (Å²) in [5.41, 5.74) is 0.999. The van der Waals surface area contributed by atoms with Gasteiger partial charge in [-0.3, -0.25) is 0 Å². The van der Waals surface area contributed by atoms with Gasteiger partial charge in [0.05, 0.1) is 10.0 Å². The fourth-order valence-corrected chi connectivity index (χ4v) is 1.10. The van der Waals surface area contributed by atoms with E-state index in [9.17, 15) is 0 Å². The van der Waals surface area contributed by atoms with Crippen LogP contribution in [0.2, 0.25) is 10.0 Å². The molecule has 0 nitrogen and oxygen atoms in total. The van der Waals surface area contributed by atoms with Crippen LogP contribution in [-0.4, -0.2) is 7.85 Å². The number of hydrogen-bond donors (Lipinski definition) is 0. The van der Waals surface area contributed by atoms with Gasteiger partial charge in [-0.15, -0.1) is 0 Å². The van der Waals surface area contributed by atoms with Crippen molar-refractivity contribution >= 4 is 31.0 Å². The molecule has 1 aromatic rings. The Bertz CT molecular complexity index is 258. The average molecular weight is 185 g/mol. The molecule has 0 N–H and O–H groups in total. The Morgan fingerprint density at radius 1 is 1.27 bits per heavy atom. The molecular weight excluding hydrogens is 178 g/mol. The lowest BCUT2D eigenvalue weighted by molar-refractivity contribution is 1.08. The third kappa shape index (κ3) is 2.15. The summed E-state index contributed by atoms with van der Waals surface area (Å²) in [5.74, 6) is 0.00441. The normalized spacial score (nSPS) is 13.1. The molecule has 3 heteroatoms. The van der Waals surface area contributed by atoms with Crippen molar-refractivity contribution in [3.8, 4) is 0 Å². The van der Waals surface area contributed by atoms with Crippen LogP contribution in [0.1, 0.15) is 18.3 Å². The topological polar surface area (TPSA) is 0 Å². The van der Waals surface area contributed by atoms with E-state index in [2.05, 4.69) is 0 Å². The summed E-state index contributed by atoms with van der Waals surface area (Å²) >= 11 is 11.5. The third-order valence-corrected chi connectivity index (χ3v) is 2.21. The van der Waals surface area contributed by atoms with Crippen LogP contribution < -0.4 is 0 Å². The molecule has 0 heterocycles. The SMILES string of the molecule is [B-]C(C)c1ccc(Cl)c(Cl)c1. The highest BCUT2D eigenvalue weighted by Crippen LogP contribution is 2.24. The van der Waals surface area contributed by atoms with Crippen LogP contribution in [0, 0.1) is 0 Å². The standard InChI is InChI=1S/C8H7BCl2/c1-5(9)6-2-3-7(10)8(11)4-6/h2-5H,1H3/q-1. The van der Waals surface area contributed by atoms with E-state index in [1.165, 1.54) is 0 Å². The molecule has 3 radical (unpaired) electrons. The lowest BCUT2D eigenvalue weighted by atomic mass is 9.83. The van der Waals surface area contributed by atoms with Crippen molar-refractivity contribution in [3.63, 3.8) is 0 Å². The molecule has 0 saturated carbocycles. The quantitative estimate of drug-likeness (QED) is 0.589. The fraction of sp³-hybridized carbons (Fsp3) is 0.250. The first-order valence-electron chi connectivity index (χ1n) is 3.32. The molecule has 0 spiro atoms. The zero-order valence-electron chi connectivity index (χ0n) is 6.14.